The van der Waals surface area contributed by atoms with Gasteiger partial charge >= 0.3 is 5.69 Å². The fourth-order valence-electron chi connectivity index (χ4n) is 2.57. The Balaban J connectivity index is 2.05. The van der Waals surface area contributed by atoms with Crippen LogP contribution in [0, 0.1) is 0 Å². The summed E-state index contributed by atoms with van der Waals surface area (Å²) in [5.41, 5.74) is 5.41. The van der Waals surface area contributed by atoms with E-state index in [1.54, 1.807) is 11.9 Å². The van der Waals surface area contributed by atoms with Crippen molar-refractivity contribution in [3.63, 3.8) is 0 Å². The number of aromatic nitrogens is 2. The van der Waals surface area contributed by atoms with Crippen molar-refractivity contribution in [1.29, 1.82) is 0 Å². The van der Waals surface area contributed by atoms with Crippen molar-refractivity contribution in [2.24, 2.45) is 24.8 Å². The van der Waals surface area contributed by atoms with E-state index in [1.165, 1.54) is 24.0 Å². The highest BCUT2D eigenvalue weighted by Crippen LogP contribution is 2.24. The number of rotatable bonds is 6. The molecular weight excluding hydrogens is 338 g/mol. The molecule has 26 heavy (non-hydrogen) atoms. The molecule has 0 aromatic carbocycles. The summed E-state index contributed by atoms with van der Waals surface area (Å²) in [7, 11) is 3.04. The SMILES string of the molecule is CC(C)N=CC(=CN)C(=O)NCCN1CNc2c1c(=O)n(C)c(=O)n2C. The van der Waals surface area contributed by atoms with E-state index in [9.17, 15) is 14.4 Å². The van der Waals surface area contributed by atoms with Crippen molar-refractivity contribution in [2.45, 2.75) is 19.9 Å². The molecule has 2 heterocycles. The number of amides is 1. The second-order valence-corrected chi connectivity index (χ2v) is 6.25. The van der Waals surface area contributed by atoms with Gasteiger partial charge in [-0.3, -0.25) is 23.7 Å². The van der Waals surface area contributed by atoms with Crippen LogP contribution in [0.3, 0.4) is 0 Å². The van der Waals surface area contributed by atoms with E-state index in [0.29, 0.717) is 31.3 Å². The van der Waals surface area contributed by atoms with Gasteiger partial charge in [-0.15, -0.1) is 0 Å². The smallest absolute Gasteiger partial charge is 0.332 e. The minimum atomic E-state index is -0.390. The molecule has 1 aromatic rings. The molecule has 10 heteroatoms. The van der Waals surface area contributed by atoms with Gasteiger partial charge in [0.25, 0.3) is 11.5 Å². The fourth-order valence-corrected chi connectivity index (χ4v) is 2.57. The third-order valence-corrected chi connectivity index (χ3v) is 4.02. The molecule has 1 aromatic heterocycles. The molecule has 142 valence electrons. The number of hydrogen-bond donors (Lipinski definition) is 3. The van der Waals surface area contributed by atoms with Crippen LogP contribution in [0.1, 0.15) is 13.8 Å². The van der Waals surface area contributed by atoms with Crippen LogP contribution >= 0.6 is 0 Å². The first-order valence-electron chi connectivity index (χ1n) is 8.30. The number of nitrogens with two attached hydrogens (primary N) is 1. The van der Waals surface area contributed by atoms with Crippen LogP contribution in [0.25, 0.3) is 0 Å². The maximum absolute atomic E-state index is 12.4. The Kier molecular flexibility index (Phi) is 5.86. The van der Waals surface area contributed by atoms with Crippen LogP contribution < -0.4 is 32.5 Å². The lowest BCUT2D eigenvalue weighted by Crippen LogP contribution is -2.41. The summed E-state index contributed by atoms with van der Waals surface area (Å²) in [5.74, 6) is 0.147. The zero-order valence-electron chi connectivity index (χ0n) is 15.4. The molecule has 0 radical (unpaired) electrons. The third kappa shape index (κ3) is 3.79. The van der Waals surface area contributed by atoms with Crippen LogP contribution in [0.2, 0.25) is 0 Å². The highest BCUT2D eigenvalue weighted by molar-refractivity contribution is 6.12. The molecule has 0 atom stereocenters. The fraction of sp³-hybridized carbons (Fsp3) is 0.500. The molecule has 2 rings (SSSR count). The van der Waals surface area contributed by atoms with E-state index in [1.807, 2.05) is 13.8 Å². The minimum Gasteiger partial charge on any atom is -0.404 e. The van der Waals surface area contributed by atoms with Crippen molar-refractivity contribution < 1.29 is 4.79 Å². The monoisotopic (exact) mass is 363 g/mol. The number of carbonyl (C=O) groups is 1. The molecule has 4 N–H and O–H groups in total. The molecule has 10 nitrogen and oxygen atoms in total. The zero-order chi connectivity index (χ0) is 19.4. The number of fused-ring (bicyclic) bond motifs is 1. The number of nitrogens with zero attached hydrogens (tertiary/aromatic N) is 4. The molecule has 0 unspecified atom stereocenters. The molecule has 0 bridgehead atoms. The average molecular weight is 363 g/mol. The molecule has 1 amide bonds. The quantitative estimate of drug-likeness (QED) is 0.426. The van der Waals surface area contributed by atoms with E-state index >= 15 is 0 Å². The maximum atomic E-state index is 12.4. The number of nitrogens with one attached hydrogen (secondary N) is 2. The van der Waals surface area contributed by atoms with E-state index in [2.05, 4.69) is 15.6 Å². The number of hydrogen-bond acceptors (Lipinski definition) is 7. The Morgan fingerprint density at radius 2 is 2.04 bits per heavy atom. The van der Waals surface area contributed by atoms with Gasteiger partial charge in [0.05, 0.1) is 12.2 Å². The second kappa shape index (κ2) is 7.89. The molecule has 1 aliphatic rings. The standard InChI is InChI=1S/C16H25N7O3/c1-10(2)19-8-11(7-17)14(24)18-5-6-23-9-20-13-12(23)15(25)22(4)16(26)21(13)3/h7-8,10,20H,5-6,9,17H2,1-4H3,(H,18,24). The van der Waals surface area contributed by atoms with Crippen LogP contribution in [-0.2, 0) is 18.9 Å². The Bertz CT molecular complexity index is 864. The average Bonchev–Trinajstić information content (AvgIpc) is 3.02. The summed E-state index contributed by atoms with van der Waals surface area (Å²) < 4.78 is 2.46. The van der Waals surface area contributed by atoms with Gasteiger partial charge in [-0.1, -0.05) is 0 Å². The van der Waals surface area contributed by atoms with Crippen LogP contribution in [0.5, 0.6) is 0 Å². The predicted molar refractivity (Wildman–Crippen MR) is 102 cm³/mol. The third-order valence-electron chi connectivity index (χ3n) is 4.02. The highest BCUT2D eigenvalue weighted by atomic mass is 16.2. The molecule has 1 aliphatic heterocycles. The summed E-state index contributed by atoms with van der Waals surface area (Å²) >= 11 is 0. The minimum absolute atomic E-state index is 0.0628. The van der Waals surface area contributed by atoms with Gasteiger partial charge in [0.2, 0.25) is 0 Å². The summed E-state index contributed by atoms with van der Waals surface area (Å²) in [4.78, 5) is 42.4. The van der Waals surface area contributed by atoms with Gasteiger partial charge in [0.1, 0.15) is 11.5 Å². The first-order chi connectivity index (χ1) is 12.3. The normalized spacial score (nSPS) is 14.0. The van der Waals surface area contributed by atoms with Gasteiger partial charge in [0.15, 0.2) is 0 Å². The lowest BCUT2D eigenvalue weighted by Gasteiger charge is -2.18. The predicted octanol–water partition coefficient (Wildman–Crippen LogP) is -1.29. The van der Waals surface area contributed by atoms with Crippen molar-refractivity contribution in [2.75, 3.05) is 30.0 Å². The first kappa shape index (κ1) is 19.3. The molecule has 0 spiro atoms. The van der Waals surface area contributed by atoms with Gasteiger partial charge in [0, 0.05) is 45.6 Å². The van der Waals surface area contributed by atoms with Gasteiger partial charge in [-0.05, 0) is 13.8 Å². The summed E-state index contributed by atoms with van der Waals surface area (Å²) in [5, 5.41) is 5.79. The highest BCUT2D eigenvalue weighted by Gasteiger charge is 2.26. The number of anilines is 2. The topological polar surface area (TPSA) is 127 Å². The molecule has 0 aliphatic carbocycles. The summed E-state index contributed by atoms with van der Waals surface area (Å²) in [6.07, 6.45) is 2.65. The Labute approximate surface area is 151 Å². The lowest BCUT2D eigenvalue weighted by molar-refractivity contribution is -0.116. The van der Waals surface area contributed by atoms with Crippen molar-refractivity contribution >= 4 is 23.6 Å². The molecule has 0 fully saturated rings. The van der Waals surface area contributed by atoms with E-state index in [4.69, 9.17) is 5.73 Å². The maximum Gasteiger partial charge on any atom is 0.332 e. The van der Waals surface area contributed by atoms with E-state index in [0.717, 1.165) is 4.57 Å². The summed E-state index contributed by atoms with van der Waals surface area (Å²) in [6.45, 7) is 4.88. The van der Waals surface area contributed by atoms with Gasteiger partial charge in [-0.2, -0.15) is 0 Å². The van der Waals surface area contributed by atoms with Crippen molar-refractivity contribution in [3.8, 4) is 0 Å². The number of carbonyl (C=O) groups excluding carboxylic acids is 1. The first-order valence-corrected chi connectivity index (χ1v) is 8.30. The van der Waals surface area contributed by atoms with Gasteiger partial charge in [-0.25, -0.2) is 4.79 Å². The Morgan fingerprint density at radius 3 is 2.65 bits per heavy atom. The molecular formula is C16H25N7O3. The van der Waals surface area contributed by atoms with Crippen LogP contribution in [0.4, 0.5) is 11.5 Å². The molecule has 0 saturated carbocycles. The number of aliphatic imine (C=N–C) groups is 1. The van der Waals surface area contributed by atoms with Crippen LogP contribution in [-0.4, -0.2) is 47.1 Å². The summed E-state index contributed by atoms with van der Waals surface area (Å²) in [6, 6.07) is 0.0628. The Hall–Kier alpha value is -3.04. The van der Waals surface area contributed by atoms with Crippen molar-refractivity contribution in [3.05, 3.63) is 32.6 Å². The second-order valence-electron chi connectivity index (χ2n) is 6.25. The zero-order valence-corrected chi connectivity index (χ0v) is 15.4. The lowest BCUT2D eigenvalue weighted by atomic mass is 10.3. The van der Waals surface area contributed by atoms with Crippen molar-refractivity contribution in [1.82, 2.24) is 14.5 Å². The largest absolute Gasteiger partial charge is 0.404 e. The Morgan fingerprint density at radius 1 is 1.35 bits per heavy atom. The van der Waals surface area contributed by atoms with Gasteiger partial charge < -0.3 is 21.3 Å². The van der Waals surface area contributed by atoms with E-state index < -0.39 is 5.69 Å². The van der Waals surface area contributed by atoms with Crippen LogP contribution in [0.15, 0.2) is 26.4 Å². The van der Waals surface area contributed by atoms with E-state index in [-0.39, 0.29) is 23.1 Å². The molecule has 0 saturated heterocycles.